The lowest BCUT2D eigenvalue weighted by Crippen LogP contribution is -2.02. The summed E-state index contributed by atoms with van der Waals surface area (Å²) < 4.78 is 5.21. The Morgan fingerprint density at radius 3 is 2.56 bits per heavy atom. The first kappa shape index (κ1) is 12.7. The molecule has 0 saturated heterocycles. The molecule has 1 aromatic rings. The van der Waals surface area contributed by atoms with Gasteiger partial charge in [-0.15, -0.1) is 0 Å². The summed E-state index contributed by atoms with van der Waals surface area (Å²) >= 11 is 0. The van der Waals surface area contributed by atoms with Crippen LogP contribution in [0.15, 0.2) is 24.3 Å². The van der Waals surface area contributed by atoms with Crippen LogP contribution in [0.25, 0.3) is 0 Å². The molecule has 1 N–H and O–H groups in total. The Bertz CT molecular complexity index is 316. The van der Waals surface area contributed by atoms with Crippen LogP contribution in [-0.4, -0.2) is 24.1 Å². The third-order valence-electron chi connectivity index (χ3n) is 2.29. The predicted molar refractivity (Wildman–Crippen MR) is 62.9 cm³/mol. The molecule has 0 aliphatic rings. The van der Waals surface area contributed by atoms with Crippen LogP contribution >= 0.6 is 0 Å². The van der Waals surface area contributed by atoms with Crippen molar-refractivity contribution in [2.45, 2.75) is 26.2 Å². The summed E-state index contributed by atoms with van der Waals surface area (Å²) in [5, 5.41) is 8.59. The molecule has 16 heavy (non-hydrogen) atoms. The molecule has 0 saturated carbocycles. The molecule has 0 atom stereocenters. The molecular weight excluding hydrogens is 204 g/mol. The van der Waals surface area contributed by atoms with E-state index in [1.54, 1.807) is 24.3 Å². The highest BCUT2D eigenvalue weighted by atomic mass is 16.5. The molecule has 0 aliphatic heterocycles. The van der Waals surface area contributed by atoms with Crippen LogP contribution in [-0.2, 0) is 0 Å². The molecule has 88 valence electrons. The minimum atomic E-state index is -0.00280. The number of carbonyl (C=O) groups excluding carboxylic acids is 1. The molecule has 3 nitrogen and oxygen atoms in total. The average molecular weight is 222 g/mol. The van der Waals surface area contributed by atoms with Gasteiger partial charge in [0.15, 0.2) is 5.78 Å². The van der Waals surface area contributed by atoms with Crippen LogP contribution in [0.2, 0.25) is 0 Å². The SMILES string of the molecule is CCCCC(=O)c1ccc(OCCO)cc1. The minimum absolute atomic E-state index is 0.00280. The lowest BCUT2D eigenvalue weighted by atomic mass is 10.1. The van der Waals surface area contributed by atoms with E-state index in [0.29, 0.717) is 12.2 Å². The number of Topliss-reactive ketones (excluding diaryl/α,β-unsaturated/α-hetero) is 1. The van der Waals surface area contributed by atoms with E-state index in [9.17, 15) is 4.79 Å². The summed E-state index contributed by atoms with van der Waals surface area (Å²) in [7, 11) is 0. The van der Waals surface area contributed by atoms with Crippen molar-refractivity contribution in [1.82, 2.24) is 0 Å². The number of unbranched alkanes of at least 4 members (excludes halogenated alkanes) is 1. The van der Waals surface area contributed by atoms with E-state index in [4.69, 9.17) is 9.84 Å². The van der Waals surface area contributed by atoms with Gasteiger partial charge >= 0.3 is 0 Å². The number of carbonyl (C=O) groups is 1. The molecule has 0 amide bonds. The summed E-state index contributed by atoms with van der Waals surface area (Å²) in [5.74, 6) is 0.858. The first-order chi connectivity index (χ1) is 7.77. The van der Waals surface area contributed by atoms with E-state index in [1.807, 2.05) is 0 Å². The van der Waals surface area contributed by atoms with Gasteiger partial charge in [0.25, 0.3) is 0 Å². The van der Waals surface area contributed by atoms with E-state index < -0.39 is 0 Å². The fourth-order valence-corrected chi connectivity index (χ4v) is 1.38. The Morgan fingerprint density at radius 1 is 1.31 bits per heavy atom. The van der Waals surface area contributed by atoms with Crippen LogP contribution in [0.3, 0.4) is 0 Å². The van der Waals surface area contributed by atoms with Crippen LogP contribution < -0.4 is 4.74 Å². The minimum Gasteiger partial charge on any atom is -0.491 e. The number of aliphatic hydroxyl groups excluding tert-OH is 1. The van der Waals surface area contributed by atoms with Gasteiger partial charge in [-0.1, -0.05) is 13.3 Å². The molecule has 0 bridgehead atoms. The molecule has 0 unspecified atom stereocenters. The van der Waals surface area contributed by atoms with Crippen molar-refractivity contribution in [2.24, 2.45) is 0 Å². The highest BCUT2D eigenvalue weighted by molar-refractivity contribution is 5.96. The standard InChI is InChI=1S/C13H18O3/c1-2-3-4-13(15)11-5-7-12(8-6-11)16-10-9-14/h5-8,14H,2-4,9-10H2,1H3. The number of ether oxygens (including phenoxy) is 1. The zero-order valence-electron chi connectivity index (χ0n) is 9.61. The first-order valence-electron chi connectivity index (χ1n) is 5.65. The number of rotatable bonds is 7. The molecule has 0 radical (unpaired) electrons. The average Bonchev–Trinajstić information content (AvgIpc) is 2.34. The Balaban J connectivity index is 2.53. The van der Waals surface area contributed by atoms with Gasteiger partial charge < -0.3 is 9.84 Å². The summed E-state index contributed by atoms with van der Waals surface area (Å²) in [6, 6.07) is 7.05. The normalized spacial score (nSPS) is 10.1. The molecule has 0 aromatic heterocycles. The van der Waals surface area contributed by atoms with Crippen LogP contribution in [0.1, 0.15) is 36.5 Å². The van der Waals surface area contributed by atoms with Gasteiger partial charge in [0, 0.05) is 12.0 Å². The van der Waals surface area contributed by atoms with Gasteiger partial charge in [-0.3, -0.25) is 4.79 Å². The summed E-state index contributed by atoms with van der Waals surface area (Å²) in [6.07, 6.45) is 2.57. The topological polar surface area (TPSA) is 46.5 Å². The Labute approximate surface area is 96.1 Å². The zero-order valence-corrected chi connectivity index (χ0v) is 9.61. The smallest absolute Gasteiger partial charge is 0.162 e. The molecule has 0 aliphatic carbocycles. The molecule has 1 rings (SSSR count). The number of hydrogen-bond acceptors (Lipinski definition) is 3. The third-order valence-corrected chi connectivity index (χ3v) is 2.29. The number of aliphatic hydroxyl groups is 1. The molecular formula is C13H18O3. The quantitative estimate of drug-likeness (QED) is 0.721. The Hall–Kier alpha value is -1.35. The lowest BCUT2D eigenvalue weighted by molar-refractivity contribution is 0.0979. The maximum absolute atomic E-state index is 11.6. The van der Waals surface area contributed by atoms with Crippen molar-refractivity contribution in [3.8, 4) is 5.75 Å². The molecule has 3 heteroatoms. The van der Waals surface area contributed by atoms with Gasteiger partial charge in [-0.05, 0) is 30.7 Å². The molecule has 0 fully saturated rings. The fourth-order valence-electron chi connectivity index (χ4n) is 1.38. The second-order valence-electron chi connectivity index (χ2n) is 3.62. The van der Waals surface area contributed by atoms with E-state index in [-0.39, 0.29) is 19.0 Å². The van der Waals surface area contributed by atoms with Crippen LogP contribution in [0.4, 0.5) is 0 Å². The number of hydrogen-bond donors (Lipinski definition) is 1. The van der Waals surface area contributed by atoms with Crippen LogP contribution in [0, 0.1) is 0 Å². The van der Waals surface area contributed by atoms with Crippen molar-refractivity contribution in [2.75, 3.05) is 13.2 Å². The van der Waals surface area contributed by atoms with Crippen molar-refractivity contribution < 1.29 is 14.6 Å². The molecule has 0 heterocycles. The molecule has 1 aromatic carbocycles. The maximum atomic E-state index is 11.6. The first-order valence-corrected chi connectivity index (χ1v) is 5.65. The van der Waals surface area contributed by atoms with E-state index >= 15 is 0 Å². The van der Waals surface area contributed by atoms with Crippen LogP contribution in [0.5, 0.6) is 5.75 Å². The third kappa shape index (κ3) is 4.03. The second kappa shape index (κ2) is 7.01. The lowest BCUT2D eigenvalue weighted by Gasteiger charge is -2.05. The monoisotopic (exact) mass is 222 g/mol. The fraction of sp³-hybridized carbons (Fsp3) is 0.462. The Morgan fingerprint density at radius 2 is 2.00 bits per heavy atom. The van der Waals surface area contributed by atoms with Crippen molar-refractivity contribution in [3.05, 3.63) is 29.8 Å². The van der Waals surface area contributed by atoms with E-state index in [1.165, 1.54) is 0 Å². The number of ketones is 1. The summed E-state index contributed by atoms with van der Waals surface area (Å²) in [6.45, 7) is 2.35. The summed E-state index contributed by atoms with van der Waals surface area (Å²) in [4.78, 5) is 11.6. The number of benzene rings is 1. The highest BCUT2D eigenvalue weighted by Gasteiger charge is 2.04. The van der Waals surface area contributed by atoms with Crippen molar-refractivity contribution in [1.29, 1.82) is 0 Å². The predicted octanol–water partition coefficient (Wildman–Crippen LogP) is 2.43. The molecule has 0 spiro atoms. The zero-order chi connectivity index (χ0) is 11.8. The van der Waals surface area contributed by atoms with Gasteiger partial charge in [0.05, 0.1) is 6.61 Å². The van der Waals surface area contributed by atoms with Crippen molar-refractivity contribution in [3.63, 3.8) is 0 Å². The van der Waals surface area contributed by atoms with Gasteiger partial charge in [0.2, 0.25) is 0 Å². The second-order valence-corrected chi connectivity index (χ2v) is 3.62. The van der Waals surface area contributed by atoms with Gasteiger partial charge in [0.1, 0.15) is 12.4 Å². The van der Waals surface area contributed by atoms with Crippen molar-refractivity contribution >= 4 is 5.78 Å². The van der Waals surface area contributed by atoms with E-state index in [0.717, 1.165) is 18.4 Å². The summed E-state index contributed by atoms with van der Waals surface area (Å²) in [5.41, 5.74) is 0.727. The Kier molecular flexibility index (Phi) is 5.57. The van der Waals surface area contributed by atoms with Gasteiger partial charge in [-0.25, -0.2) is 0 Å². The maximum Gasteiger partial charge on any atom is 0.162 e. The van der Waals surface area contributed by atoms with Gasteiger partial charge in [-0.2, -0.15) is 0 Å². The highest BCUT2D eigenvalue weighted by Crippen LogP contribution is 2.14. The van der Waals surface area contributed by atoms with E-state index in [2.05, 4.69) is 6.92 Å². The largest absolute Gasteiger partial charge is 0.491 e.